The van der Waals surface area contributed by atoms with Gasteiger partial charge in [-0.25, -0.2) is 4.79 Å². The van der Waals surface area contributed by atoms with Crippen LogP contribution in [0, 0.1) is 0 Å². The predicted octanol–water partition coefficient (Wildman–Crippen LogP) is 4.14. The van der Waals surface area contributed by atoms with Gasteiger partial charge in [0, 0.05) is 17.3 Å². The Labute approximate surface area is 170 Å². The van der Waals surface area contributed by atoms with Crippen molar-refractivity contribution in [2.24, 2.45) is 0 Å². The van der Waals surface area contributed by atoms with Crippen LogP contribution in [-0.2, 0) is 6.42 Å². The number of nitrogens with zero attached hydrogens (tertiary/aromatic N) is 1. The van der Waals surface area contributed by atoms with Crippen LogP contribution in [0.2, 0.25) is 0 Å². The first-order valence-electron chi connectivity index (χ1n) is 9.39. The van der Waals surface area contributed by atoms with E-state index in [-0.39, 0.29) is 23.9 Å². The van der Waals surface area contributed by atoms with Gasteiger partial charge >= 0.3 is 6.03 Å². The fourth-order valence-electron chi connectivity index (χ4n) is 3.19. The van der Waals surface area contributed by atoms with Crippen LogP contribution in [0.5, 0.6) is 5.75 Å². The number of carbonyl (C=O) groups is 1. The number of urea groups is 1. The van der Waals surface area contributed by atoms with Crippen LogP contribution in [0.25, 0.3) is 10.1 Å². The molecule has 5 nitrogen and oxygen atoms in total. The highest BCUT2D eigenvalue weighted by Gasteiger charge is 2.17. The molecule has 0 bridgehead atoms. The quantitative estimate of drug-likeness (QED) is 0.561. The third-order valence-corrected chi connectivity index (χ3v) is 6.00. The molecular formula is C22H27N3O2S. The largest absolute Gasteiger partial charge is 0.508 e. The number of phenols is 1. The molecule has 0 saturated carbocycles. The van der Waals surface area contributed by atoms with E-state index in [1.807, 2.05) is 33.2 Å². The Morgan fingerprint density at radius 2 is 1.86 bits per heavy atom. The SMILES string of the molecule is CC(NC(=O)NCC(Cc1csc2ccccc12)N(C)C)c1ccc(O)cc1. The number of hydrogen-bond acceptors (Lipinski definition) is 4. The summed E-state index contributed by atoms with van der Waals surface area (Å²) in [5.41, 5.74) is 2.26. The fourth-order valence-corrected chi connectivity index (χ4v) is 4.16. The van der Waals surface area contributed by atoms with Gasteiger partial charge < -0.3 is 20.6 Å². The number of nitrogens with one attached hydrogen (secondary N) is 2. The molecule has 2 aromatic carbocycles. The minimum absolute atomic E-state index is 0.140. The molecule has 0 radical (unpaired) electrons. The predicted molar refractivity (Wildman–Crippen MR) is 116 cm³/mol. The zero-order chi connectivity index (χ0) is 20.1. The Hall–Kier alpha value is -2.57. The van der Waals surface area contributed by atoms with Gasteiger partial charge in [-0.05, 0) is 67.5 Å². The molecule has 2 unspecified atom stereocenters. The maximum atomic E-state index is 12.3. The zero-order valence-corrected chi connectivity index (χ0v) is 17.3. The van der Waals surface area contributed by atoms with Crippen molar-refractivity contribution in [2.45, 2.75) is 25.4 Å². The highest BCUT2D eigenvalue weighted by atomic mass is 32.1. The average Bonchev–Trinajstić information content (AvgIpc) is 3.08. The average molecular weight is 398 g/mol. The molecule has 2 atom stereocenters. The van der Waals surface area contributed by atoms with Crippen LogP contribution in [-0.4, -0.2) is 42.7 Å². The maximum Gasteiger partial charge on any atom is 0.315 e. The molecule has 1 heterocycles. The van der Waals surface area contributed by atoms with E-state index < -0.39 is 0 Å². The third-order valence-electron chi connectivity index (χ3n) is 4.99. The Bertz CT molecular complexity index is 921. The van der Waals surface area contributed by atoms with Crippen LogP contribution in [0.3, 0.4) is 0 Å². The van der Waals surface area contributed by atoms with E-state index in [0.717, 1.165) is 12.0 Å². The Morgan fingerprint density at radius 3 is 2.57 bits per heavy atom. The molecule has 0 aliphatic heterocycles. The van der Waals surface area contributed by atoms with Gasteiger partial charge in [-0.15, -0.1) is 11.3 Å². The lowest BCUT2D eigenvalue weighted by molar-refractivity contribution is 0.229. The topological polar surface area (TPSA) is 64.6 Å². The molecule has 3 aromatic rings. The van der Waals surface area contributed by atoms with Crippen LogP contribution >= 0.6 is 11.3 Å². The summed E-state index contributed by atoms with van der Waals surface area (Å²) in [6.07, 6.45) is 0.880. The number of aromatic hydroxyl groups is 1. The lowest BCUT2D eigenvalue weighted by Crippen LogP contribution is -2.45. The van der Waals surface area contributed by atoms with Crippen molar-refractivity contribution in [1.82, 2.24) is 15.5 Å². The van der Waals surface area contributed by atoms with Gasteiger partial charge in [0.15, 0.2) is 0 Å². The van der Waals surface area contributed by atoms with Gasteiger partial charge in [-0.2, -0.15) is 0 Å². The van der Waals surface area contributed by atoms with Gasteiger partial charge in [0.05, 0.1) is 6.04 Å². The third kappa shape index (κ3) is 5.03. The van der Waals surface area contributed by atoms with Crippen LogP contribution in [0.1, 0.15) is 24.1 Å². The number of likely N-dealkylation sites (N-methyl/N-ethyl adjacent to an activating group) is 1. The van der Waals surface area contributed by atoms with Crippen molar-refractivity contribution < 1.29 is 9.90 Å². The van der Waals surface area contributed by atoms with Crippen molar-refractivity contribution in [3.63, 3.8) is 0 Å². The van der Waals surface area contributed by atoms with E-state index in [2.05, 4.69) is 45.2 Å². The van der Waals surface area contributed by atoms with Gasteiger partial charge in [0.25, 0.3) is 0 Å². The summed E-state index contributed by atoms with van der Waals surface area (Å²) >= 11 is 1.76. The minimum Gasteiger partial charge on any atom is -0.508 e. The van der Waals surface area contributed by atoms with Gasteiger partial charge in [0.1, 0.15) is 5.75 Å². The Kier molecular flexibility index (Phi) is 6.54. The van der Waals surface area contributed by atoms with E-state index >= 15 is 0 Å². The number of phenolic OH excluding ortho intramolecular Hbond substituents is 1. The molecule has 6 heteroatoms. The number of benzene rings is 2. The van der Waals surface area contributed by atoms with E-state index in [4.69, 9.17) is 0 Å². The second kappa shape index (κ2) is 9.08. The first-order chi connectivity index (χ1) is 13.4. The maximum absolute atomic E-state index is 12.3. The first kappa shape index (κ1) is 20.2. The lowest BCUT2D eigenvalue weighted by atomic mass is 10.0. The summed E-state index contributed by atoms with van der Waals surface area (Å²) in [7, 11) is 4.08. The van der Waals surface area contributed by atoms with Crippen molar-refractivity contribution in [1.29, 1.82) is 0 Å². The van der Waals surface area contributed by atoms with Crippen LogP contribution < -0.4 is 10.6 Å². The van der Waals surface area contributed by atoms with E-state index in [9.17, 15) is 9.90 Å². The normalized spacial score (nSPS) is 13.4. The highest BCUT2D eigenvalue weighted by molar-refractivity contribution is 7.17. The molecule has 0 saturated heterocycles. The monoisotopic (exact) mass is 397 g/mol. The summed E-state index contributed by atoms with van der Waals surface area (Å²) in [6.45, 7) is 2.48. The first-order valence-corrected chi connectivity index (χ1v) is 10.3. The summed E-state index contributed by atoms with van der Waals surface area (Å²) in [5.74, 6) is 0.218. The van der Waals surface area contributed by atoms with Crippen molar-refractivity contribution in [2.75, 3.05) is 20.6 Å². The highest BCUT2D eigenvalue weighted by Crippen LogP contribution is 2.27. The van der Waals surface area contributed by atoms with E-state index in [0.29, 0.717) is 6.54 Å². The molecule has 2 amide bonds. The fraction of sp³-hybridized carbons (Fsp3) is 0.318. The summed E-state index contributed by atoms with van der Waals surface area (Å²) in [6, 6.07) is 15.2. The van der Waals surface area contributed by atoms with Crippen molar-refractivity contribution in [3.05, 3.63) is 65.0 Å². The van der Waals surface area contributed by atoms with Crippen molar-refractivity contribution in [3.8, 4) is 5.75 Å². The number of rotatable bonds is 7. The molecule has 0 aliphatic rings. The minimum atomic E-state index is -0.192. The zero-order valence-electron chi connectivity index (χ0n) is 16.5. The number of hydrogen-bond donors (Lipinski definition) is 3. The smallest absolute Gasteiger partial charge is 0.315 e. The molecule has 0 aliphatic carbocycles. The van der Waals surface area contributed by atoms with Crippen LogP contribution in [0.15, 0.2) is 53.9 Å². The molecular weight excluding hydrogens is 370 g/mol. The van der Waals surface area contributed by atoms with Gasteiger partial charge in [0.2, 0.25) is 0 Å². The molecule has 148 valence electrons. The summed E-state index contributed by atoms with van der Waals surface area (Å²) < 4.78 is 1.29. The van der Waals surface area contributed by atoms with Crippen molar-refractivity contribution >= 4 is 27.5 Å². The van der Waals surface area contributed by atoms with E-state index in [1.54, 1.807) is 23.5 Å². The number of fused-ring (bicyclic) bond motifs is 1. The second-order valence-corrected chi connectivity index (χ2v) is 8.16. The van der Waals surface area contributed by atoms with Crippen LogP contribution in [0.4, 0.5) is 4.79 Å². The van der Waals surface area contributed by atoms with E-state index in [1.165, 1.54) is 15.6 Å². The molecule has 0 fully saturated rings. The number of carbonyl (C=O) groups excluding carboxylic acids is 1. The molecule has 28 heavy (non-hydrogen) atoms. The molecule has 0 spiro atoms. The second-order valence-electron chi connectivity index (χ2n) is 7.25. The molecule has 3 N–H and O–H groups in total. The van der Waals surface area contributed by atoms with Gasteiger partial charge in [-0.3, -0.25) is 0 Å². The Morgan fingerprint density at radius 1 is 1.14 bits per heavy atom. The number of thiophene rings is 1. The standard InChI is InChI=1S/C22H27N3O2S/c1-15(16-8-10-19(26)11-9-16)24-22(27)23-13-18(25(2)3)12-17-14-28-21-7-5-4-6-20(17)21/h4-11,14-15,18,26H,12-13H2,1-3H3,(H2,23,24,27). The Balaban J connectivity index is 1.57. The molecule has 1 aromatic heterocycles. The number of amides is 2. The molecule has 3 rings (SSSR count). The van der Waals surface area contributed by atoms with Gasteiger partial charge in [-0.1, -0.05) is 30.3 Å². The summed E-state index contributed by atoms with van der Waals surface area (Å²) in [5, 5.41) is 18.8. The lowest BCUT2D eigenvalue weighted by Gasteiger charge is -2.25. The summed E-state index contributed by atoms with van der Waals surface area (Å²) in [4.78, 5) is 14.5.